The number of hydrogen-bond acceptors (Lipinski definition) is 3. The van der Waals surface area contributed by atoms with Crippen molar-refractivity contribution < 1.29 is 14.7 Å². The van der Waals surface area contributed by atoms with Crippen LogP contribution in [-0.2, 0) is 11.3 Å². The Morgan fingerprint density at radius 2 is 2.22 bits per heavy atom. The van der Waals surface area contributed by atoms with Crippen molar-refractivity contribution >= 4 is 29.0 Å². The molecule has 0 unspecified atom stereocenters. The zero-order valence-electron chi connectivity index (χ0n) is 13.3. The van der Waals surface area contributed by atoms with Crippen molar-refractivity contribution in [2.24, 2.45) is 5.92 Å². The molecule has 0 saturated carbocycles. The number of carbonyl (C=O) groups excluding carboxylic acids is 1. The lowest BCUT2D eigenvalue weighted by molar-refractivity contribution is -0.144. The molecule has 3 heterocycles. The maximum atomic E-state index is 12.8. The minimum Gasteiger partial charge on any atom is -0.480 e. The lowest BCUT2D eigenvalue weighted by Gasteiger charge is -2.34. The van der Waals surface area contributed by atoms with E-state index < -0.39 is 12.0 Å². The van der Waals surface area contributed by atoms with Crippen molar-refractivity contribution in [2.75, 3.05) is 0 Å². The van der Waals surface area contributed by atoms with Gasteiger partial charge in [-0.25, -0.2) is 9.78 Å². The summed E-state index contributed by atoms with van der Waals surface area (Å²) in [6.45, 7) is 5.81. The summed E-state index contributed by atoms with van der Waals surface area (Å²) >= 11 is 0. The van der Waals surface area contributed by atoms with Crippen LogP contribution in [0.5, 0.6) is 0 Å². The van der Waals surface area contributed by atoms with E-state index in [1.807, 2.05) is 32.9 Å². The van der Waals surface area contributed by atoms with Crippen LogP contribution in [0.25, 0.3) is 17.1 Å². The summed E-state index contributed by atoms with van der Waals surface area (Å²) in [4.78, 5) is 33.2. The van der Waals surface area contributed by atoms with E-state index in [-0.39, 0.29) is 18.4 Å². The zero-order chi connectivity index (χ0) is 16.7. The number of carbonyl (C=O) groups is 2. The predicted molar refractivity (Wildman–Crippen MR) is 86.9 cm³/mol. The van der Waals surface area contributed by atoms with E-state index in [4.69, 9.17) is 0 Å². The molecule has 0 saturated heterocycles. The fraction of sp³-hybridized carbons (Fsp3) is 0.353. The van der Waals surface area contributed by atoms with Gasteiger partial charge in [0.15, 0.2) is 0 Å². The van der Waals surface area contributed by atoms with Gasteiger partial charge in [-0.15, -0.1) is 0 Å². The number of rotatable bonds is 4. The molecule has 1 aliphatic rings. The van der Waals surface area contributed by atoms with E-state index in [1.165, 1.54) is 4.90 Å². The van der Waals surface area contributed by atoms with Gasteiger partial charge in [-0.1, -0.05) is 26.0 Å². The van der Waals surface area contributed by atoms with Gasteiger partial charge in [0, 0.05) is 24.3 Å². The molecule has 6 heteroatoms. The number of carboxylic acids is 1. The van der Waals surface area contributed by atoms with Crippen molar-refractivity contribution in [3.63, 3.8) is 0 Å². The highest BCUT2D eigenvalue weighted by molar-refractivity contribution is 6.10. The first-order valence-corrected chi connectivity index (χ1v) is 7.61. The van der Waals surface area contributed by atoms with Crippen LogP contribution in [-0.4, -0.2) is 37.9 Å². The van der Waals surface area contributed by atoms with Crippen LogP contribution in [0.15, 0.2) is 18.5 Å². The molecule has 1 aliphatic heterocycles. The van der Waals surface area contributed by atoms with Crippen LogP contribution in [0.2, 0.25) is 0 Å². The lowest BCUT2D eigenvalue weighted by Crippen LogP contribution is -2.49. The van der Waals surface area contributed by atoms with Crippen LogP contribution in [0.4, 0.5) is 0 Å². The minimum absolute atomic E-state index is 0.181. The van der Waals surface area contributed by atoms with Crippen LogP contribution < -0.4 is 0 Å². The Hall–Kier alpha value is -2.63. The molecule has 1 amide bonds. The minimum atomic E-state index is -0.981. The second-order valence-electron chi connectivity index (χ2n) is 6.08. The summed E-state index contributed by atoms with van der Waals surface area (Å²) < 4.78 is 0. The summed E-state index contributed by atoms with van der Waals surface area (Å²) in [6, 6.07) is -0.854. The lowest BCUT2D eigenvalue weighted by atomic mass is 9.94. The first-order chi connectivity index (χ1) is 11.0. The monoisotopic (exact) mass is 313 g/mol. The van der Waals surface area contributed by atoms with Gasteiger partial charge >= 0.3 is 5.97 Å². The number of allylic oxidation sites excluding steroid dienone is 1. The van der Waals surface area contributed by atoms with E-state index in [0.29, 0.717) is 11.2 Å². The molecule has 2 aromatic rings. The molecule has 120 valence electrons. The number of aliphatic carboxylic acids is 1. The molecule has 0 aliphatic carbocycles. The molecule has 3 rings (SSSR count). The van der Waals surface area contributed by atoms with Crippen LogP contribution in [0.1, 0.15) is 42.3 Å². The van der Waals surface area contributed by atoms with Gasteiger partial charge in [-0.2, -0.15) is 0 Å². The Kier molecular flexibility index (Phi) is 3.67. The second-order valence-corrected chi connectivity index (χ2v) is 6.08. The summed E-state index contributed by atoms with van der Waals surface area (Å²) in [5, 5.41) is 10.4. The number of aromatic amines is 1. The first kappa shape index (κ1) is 15.3. The van der Waals surface area contributed by atoms with Crippen LogP contribution in [0, 0.1) is 5.92 Å². The standard InChI is InChI=1S/C17H19N3O3/c1-4-5-10-6-18-15-13-11(7-19-15)16(21)20(8-12(10)13)14(9(2)3)17(22)23/h4-7,9,14H,8H2,1-3H3,(H,18,19)(H,22,23)/b5-4+/t14-/m1/s1. The molecular weight excluding hydrogens is 294 g/mol. The topological polar surface area (TPSA) is 86.3 Å². The highest BCUT2D eigenvalue weighted by Gasteiger charge is 2.37. The van der Waals surface area contributed by atoms with Crippen molar-refractivity contribution in [3.8, 4) is 0 Å². The number of pyridine rings is 1. The molecule has 0 radical (unpaired) electrons. The number of hydrogen-bond donors (Lipinski definition) is 2. The third-order valence-electron chi connectivity index (χ3n) is 4.23. The van der Waals surface area contributed by atoms with Crippen molar-refractivity contribution in [2.45, 2.75) is 33.4 Å². The number of nitrogens with one attached hydrogen (secondary N) is 1. The van der Waals surface area contributed by atoms with Crippen LogP contribution in [0.3, 0.4) is 0 Å². The van der Waals surface area contributed by atoms with Gasteiger partial charge < -0.3 is 15.0 Å². The smallest absolute Gasteiger partial charge is 0.326 e. The average molecular weight is 313 g/mol. The van der Waals surface area contributed by atoms with Gasteiger partial charge in [0.25, 0.3) is 5.91 Å². The molecular formula is C17H19N3O3. The second kappa shape index (κ2) is 5.53. The van der Waals surface area contributed by atoms with E-state index in [9.17, 15) is 14.7 Å². The van der Waals surface area contributed by atoms with Crippen molar-refractivity contribution in [3.05, 3.63) is 35.2 Å². The van der Waals surface area contributed by atoms with Gasteiger partial charge in [0.05, 0.1) is 5.56 Å². The third-order valence-corrected chi connectivity index (χ3v) is 4.23. The fourth-order valence-corrected chi connectivity index (χ4v) is 3.24. The van der Waals surface area contributed by atoms with Crippen LogP contribution >= 0.6 is 0 Å². The summed E-state index contributed by atoms with van der Waals surface area (Å²) in [5.74, 6) is -1.42. The van der Waals surface area contributed by atoms with E-state index >= 15 is 0 Å². The number of nitrogens with zero attached hydrogens (tertiary/aromatic N) is 2. The Balaban J connectivity index is 2.19. The van der Waals surface area contributed by atoms with E-state index in [1.54, 1.807) is 12.4 Å². The molecule has 6 nitrogen and oxygen atoms in total. The maximum absolute atomic E-state index is 12.8. The number of amides is 1. The summed E-state index contributed by atoms with van der Waals surface area (Å²) in [6.07, 6.45) is 7.20. The Bertz CT molecular complexity index is 820. The summed E-state index contributed by atoms with van der Waals surface area (Å²) in [5.41, 5.74) is 3.00. The fourth-order valence-electron chi connectivity index (χ4n) is 3.24. The third kappa shape index (κ3) is 2.30. The van der Waals surface area contributed by atoms with Gasteiger partial charge in [0.2, 0.25) is 0 Å². The molecule has 23 heavy (non-hydrogen) atoms. The van der Waals surface area contributed by atoms with Crippen molar-refractivity contribution in [1.29, 1.82) is 0 Å². The number of aromatic nitrogens is 2. The Morgan fingerprint density at radius 3 is 2.83 bits per heavy atom. The predicted octanol–water partition coefficient (Wildman–Crippen LogP) is 2.66. The van der Waals surface area contributed by atoms with E-state index in [2.05, 4.69) is 9.97 Å². The quantitative estimate of drug-likeness (QED) is 0.908. The maximum Gasteiger partial charge on any atom is 0.326 e. The molecule has 1 atom stereocenters. The Morgan fingerprint density at radius 1 is 1.48 bits per heavy atom. The normalized spacial score (nSPS) is 15.8. The van der Waals surface area contributed by atoms with Gasteiger partial charge in [-0.05, 0) is 24.0 Å². The number of H-pyrrole nitrogens is 1. The van der Waals surface area contributed by atoms with E-state index in [0.717, 1.165) is 16.5 Å². The molecule has 0 aromatic carbocycles. The molecule has 0 bridgehead atoms. The highest BCUT2D eigenvalue weighted by atomic mass is 16.4. The highest BCUT2D eigenvalue weighted by Crippen LogP contribution is 2.33. The van der Waals surface area contributed by atoms with Crippen molar-refractivity contribution in [1.82, 2.24) is 14.9 Å². The SMILES string of the molecule is C/C=C/c1cnc2[nH]cc3c2c1CN([C@@H](C(=O)O)C(C)C)C3=O. The molecule has 2 N–H and O–H groups in total. The zero-order valence-corrected chi connectivity index (χ0v) is 13.3. The number of carboxylic acid groups (broad SMARTS) is 1. The largest absolute Gasteiger partial charge is 0.480 e. The first-order valence-electron chi connectivity index (χ1n) is 7.61. The average Bonchev–Trinajstić information content (AvgIpc) is 2.91. The van der Waals surface area contributed by atoms with Gasteiger partial charge in [0.1, 0.15) is 11.7 Å². The molecule has 0 spiro atoms. The summed E-state index contributed by atoms with van der Waals surface area (Å²) in [7, 11) is 0. The molecule has 2 aromatic heterocycles. The molecule has 0 fully saturated rings. The van der Waals surface area contributed by atoms with Gasteiger partial charge in [-0.3, -0.25) is 4.79 Å². The Labute approximate surface area is 133 Å².